The number of amidine groups is 1. The number of hydrogen-bond donors (Lipinski definition) is 4. The number of carbonyl (C=O) groups excluding carboxylic acids is 2. The fourth-order valence-corrected chi connectivity index (χ4v) is 3.65. The Morgan fingerprint density at radius 3 is 2.47 bits per heavy atom. The van der Waals surface area contributed by atoms with E-state index in [2.05, 4.69) is 15.6 Å². The second-order valence-electron chi connectivity index (χ2n) is 8.80. The number of aryl methyl sites for hydroxylation is 1. The first-order valence-electron chi connectivity index (χ1n) is 11.9. The molecule has 0 saturated carbocycles. The van der Waals surface area contributed by atoms with E-state index in [1.54, 1.807) is 36.0 Å². The van der Waals surface area contributed by atoms with Crippen LogP contribution in [0.2, 0.25) is 0 Å². The van der Waals surface area contributed by atoms with Gasteiger partial charge in [-0.1, -0.05) is 18.2 Å². The SMILES string of the molecule is CN(C)c1ccc(C=Cc2ccc(C(N)=O)c(-c3cc(C(=O)NCCC(=N)NCC(F)F)n(C)c3)n2)cc1. The zero-order valence-corrected chi connectivity index (χ0v) is 21.5. The van der Waals surface area contributed by atoms with Crippen molar-refractivity contribution < 1.29 is 18.4 Å². The summed E-state index contributed by atoms with van der Waals surface area (Å²) in [4.78, 5) is 31.4. The average molecular weight is 524 g/mol. The number of alkyl halides is 2. The van der Waals surface area contributed by atoms with Crippen molar-refractivity contribution in [2.45, 2.75) is 12.8 Å². The predicted molar refractivity (Wildman–Crippen MR) is 146 cm³/mol. The van der Waals surface area contributed by atoms with Crippen LogP contribution in [-0.2, 0) is 7.05 Å². The van der Waals surface area contributed by atoms with E-state index < -0.39 is 24.8 Å². The van der Waals surface area contributed by atoms with E-state index in [1.807, 2.05) is 55.4 Å². The van der Waals surface area contributed by atoms with Gasteiger partial charge in [0.1, 0.15) is 5.69 Å². The van der Waals surface area contributed by atoms with Crippen molar-refractivity contribution in [1.29, 1.82) is 5.41 Å². The van der Waals surface area contributed by atoms with Crippen LogP contribution in [0.1, 0.15) is 38.5 Å². The van der Waals surface area contributed by atoms with E-state index in [4.69, 9.17) is 11.1 Å². The number of nitrogens with one attached hydrogen (secondary N) is 3. The Kier molecular flexibility index (Phi) is 9.31. The van der Waals surface area contributed by atoms with Crippen molar-refractivity contribution in [3.8, 4) is 11.3 Å². The average Bonchev–Trinajstić information content (AvgIpc) is 3.27. The molecule has 9 nitrogen and oxygen atoms in total. The monoisotopic (exact) mass is 523 g/mol. The van der Waals surface area contributed by atoms with Crippen LogP contribution < -0.4 is 21.3 Å². The first-order valence-corrected chi connectivity index (χ1v) is 11.9. The normalized spacial score (nSPS) is 11.1. The summed E-state index contributed by atoms with van der Waals surface area (Å²) in [5, 5.41) is 12.6. The number of amides is 2. The van der Waals surface area contributed by atoms with Gasteiger partial charge in [0.2, 0.25) is 0 Å². The minimum atomic E-state index is -2.56. The summed E-state index contributed by atoms with van der Waals surface area (Å²) < 4.78 is 26.1. The predicted octanol–water partition coefficient (Wildman–Crippen LogP) is 3.37. The van der Waals surface area contributed by atoms with E-state index in [0.29, 0.717) is 22.6 Å². The number of hydrogen-bond acceptors (Lipinski definition) is 5. The lowest BCUT2D eigenvalue weighted by molar-refractivity contribution is 0.0945. The zero-order chi connectivity index (χ0) is 27.8. The van der Waals surface area contributed by atoms with Crippen LogP contribution in [0.5, 0.6) is 0 Å². The summed E-state index contributed by atoms with van der Waals surface area (Å²) in [6, 6.07) is 12.9. The number of anilines is 1. The van der Waals surface area contributed by atoms with Crippen LogP contribution in [-0.4, -0.2) is 60.8 Å². The largest absolute Gasteiger partial charge is 0.378 e. The van der Waals surface area contributed by atoms with Crippen LogP contribution in [0.3, 0.4) is 0 Å². The van der Waals surface area contributed by atoms with E-state index in [9.17, 15) is 18.4 Å². The molecule has 0 fully saturated rings. The van der Waals surface area contributed by atoms with Crippen molar-refractivity contribution in [3.63, 3.8) is 0 Å². The third kappa shape index (κ3) is 7.48. The highest BCUT2D eigenvalue weighted by Crippen LogP contribution is 2.25. The molecule has 0 atom stereocenters. The Bertz CT molecular complexity index is 1330. The Labute approximate surface area is 219 Å². The summed E-state index contributed by atoms with van der Waals surface area (Å²) in [7, 11) is 5.62. The quantitative estimate of drug-likeness (QED) is 0.226. The number of benzene rings is 1. The molecule has 0 aliphatic rings. The molecule has 11 heteroatoms. The molecule has 2 aromatic heterocycles. The second kappa shape index (κ2) is 12.6. The summed E-state index contributed by atoms with van der Waals surface area (Å²) in [6.07, 6.45) is 2.92. The maximum atomic E-state index is 12.7. The lowest BCUT2D eigenvalue weighted by Gasteiger charge is -2.11. The van der Waals surface area contributed by atoms with Crippen molar-refractivity contribution in [2.75, 3.05) is 32.1 Å². The summed E-state index contributed by atoms with van der Waals surface area (Å²) in [5.41, 5.74) is 9.64. The lowest BCUT2D eigenvalue weighted by Crippen LogP contribution is -2.33. The number of nitrogens with two attached hydrogens (primary N) is 1. The molecule has 3 aromatic rings. The van der Waals surface area contributed by atoms with Gasteiger partial charge < -0.3 is 25.8 Å². The van der Waals surface area contributed by atoms with Gasteiger partial charge in [0, 0.05) is 51.6 Å². The molecule has 0 aliphatic carbocycles. The van der Waals surface area contributed by atoms with Gasteiger partial charge in [0.15, 0.2) is 0 Å². The summed E-state index contributed by atoms with van der Waals surface area (Å²) in [6.45, 7) is -0.519. The highest BCUT2D eigenvalue weighted by molar-refractivity contribution is 6.00. The van der Waals surface area contributed by atoms with Crippen molar-refractivity contribution in [3.05, 3.63) is 71.2 Å². The first kappa shape index (κ1) is 28.0. The van der Waals surface area contributed by atoms with Gasteiger partial charge in [-0.2, -0.15) is 0 Å². The fraction of sp³-hybridized carbons (Fsp3) is 0.259. The molecule has 0 bridgehead atoms. The number of carbonyl (C=O) groups is 2. The van der Waals surface area contributed by atoms with Gasteiger partial charge in [-0.25, -0.2) is 13.8 Å². The number of pyridine rings is 1. The van der Waals surface area contributed by atoms with E-state index in [1.165, 1.54) is 0 Å². The Morgan fingerprint density at radius 1 is 1.13 bits per heavy atom. The highest BCUT2D eigenvalue weighted by Gasteiger charge is 2.18. The third-order valence-electron chi connectivity index (χ3n) is 5.68. The number of primary amides is 1. The lowest BCUT2D eigenvalue weighted by atomic mass is 10.1. The van der Waals surface area contributed by atoms with Gasteiger partial charge in [-0.05, 0) is 42.0 Å². The molecule has 5 N–H and O–H groups in total. The molecule has 200 valence electrons. The number of aromatic nitrogens is 2. The van der Waals surface area contributed by atoms with E-state index in [0.717, 1.165) is 11.3 Å². The topological polar surface area (TPSA) is 129 Å². The molecule has 0 aliphatic heterocycles. The molecule has 0 unspecified atom stereocenters. The Hall–Kier alpha value is -4.54. The van der Waals surface area contributed by atoms with Crippen molar-refractivity contribution in [1.82, 2.24) is 20.2 Å². The van der Waals surface area contributed by atoms with E-state index >= 15 is 0 Å². The highest BCUT2D eigenvalue weighted by atomic mass is 19.3. The van der Waals surface area contributed by atoms with E-state index in [-0.39, 0.29) is 24.4 Å². The standard InChI is InChI=1S/C27H31F2N7O2/c1-35(2)20-9-5-17(6-10-20)4-7-19-8-11-21(26(31)37)25(34-19)18-14-22(36(3)16-18)27(38)32-13-12-24(30)33-15-23(28)29/h4-11,14,16,23H,12-13,15H2,1-3H3,(H2,30,33)(H2,31,37)(H,32,38). The number of halogens is 2. The maximum absolute atomic E-state index is 12.7. The molecular formula is C27H31F2N7O2. The summed E-state index contributed by atoms with van der Waals surface area (Å²) >= 11 is 0. The Balaban J connectivity index is 1.77. The molecule has 0 saturated heterocycles. The number of rotatable bonds is 11. The van der Waals surface area contributed by atoms with Crippen molar-refractivity contribution >= 4 is 35.5 Å². The van der Waals surface area contributed by atoms with Crippen LogP contribution in [0, 0.1) is 5.41 Å². The first-order chi connectivity index (χ1) is 18.0. The Morgan fingerprint density at radius 2 is 1.84 bits per heavy atom. The van der Waals surface area contributed by atoms with Crippen LogP contribution in [0.4, 0.5) is 14.5 Å². The van der Waals surface area contributed by atoms with Crippen LogP contribution in [0.15, 0.2) is 48.7 Å². The molecule has 3 rings (SSSR count). The second-order valence-corrected chi connectivity index (χ2v) is 8.80. The fourth-order valence-electron chi connectivity index (χ4n) is 3.65. The minimum absolute atomic E-state index is 0.0787. The van der Waals surface area contributed by atoms with Gasteiger partial charge in [0.25, 0.3) is 18.2 Å². The van der Waals surface area contributed by atoms with Gasteiger partial charge in [-0.15, -0.1) is 0 Å². The minimum Gasteiger partial charge on any atom is -0.378 e. The molecular weight excluding hydrogens is 492 g/mol. The molecule has 0 radical (unpaired) electrons. The smallest absolute Gasteiger partial charge is 0.267 e. The summed E-state index contributed by atoms with van der Waals surface area (Å²) in [5.74, 6) is -1.16. The maximum Gasteiger partial charge on any atom is 0.267 e. The van der Waals surface area contributed by atoms with Crippen LogP contribution >= 0.6 is 0 Å². The third-order valence-corrected chi connectivity index (χ3v) is 5.68. The molecule has 1 aromatic carbocycles. The van der Waals surface area contributed by atoms with Gasteiger partial charge >= 0.3 is 0 Å². The molecule has 38 heavy (non-hydrogen) atoms. The van der Waals surface area contributed by atoms with Gasteiger partial charge in [0.05, 0.1) is 29.3 Å². The van der Waals surface area contributed by atoms with Crippen LogP contribution in [0.25, 0.3) is 23.4 Å². The molecule has 0 spiro atoms. The zero-order valence-electron chi connectivity index (χ0n) is 21.5. The van der Waals surface area contributed by atoms with Crippen molar-refractivity contribution in [2.24, 2.45) is 12.8 Å². The number of nitrogens with zero attached hydrogens (tertiary/aromatic N) is 3. The molecule has 2 heterocycles. The van der Waals surface area contributed by atoms with Gasteiger partial charge in [-0.3, -0.25) is 15.0 Å². The molecule has 2 amide bonds.